The number of carbonyl (C=O) groups excluding carboxylic acids is 1. The van der Waals surface area contributed by atoms with Gasteiger partial charge in [-0.3, -0.25) is 4.79 Å². The number of ether oxygens (including phenoxy) is 1. The molecule has 0 heterocycles. The van der Waals surface area contributed by atoms with Crippen LogP contribution in [0, 0.1) is 0 Å². The summed E-state index contributed by atoms with van der Waals surface area (Å²) in [6.07, 6.45) is 0. The largest absolute Gasteiger partial charge is 0.496 e. The zero-order valence-corrected chi connectivity index (χ0v) is 14.1. The highest BCUT2D eigenvalue weighted by atomic mass is 35.5. The molecule has 2 rings (SSSR count). The Kier molecular flexibility index (Phi) is 6.16. The number of hydrogen-bond acceptors (Lipinski definition) is 3. The van der Waals surface area contributed by atoms with Crippen molar-refractivity contribution < 1.29 is 9.53 Å². The molecule has 0 aliphatic rings. The normalized spacial score (nSPS) is 11.8. The molecule has 0 bridgehead atoms. The van der Waals surface area contributed by atoms with Crippen molar-refractivity contribution in [2.45, 2.75) is 23.6 Å². The number of nitrogens with one attached hydrogen (secondary N) is 1. The van der Waals surface area contributed by atoms with Crippen molar-refractivity contribution >= 4 is 29.3 Å². The second kappa shape index (κ2) is 8.11. The van der Waals surface area contributed by atoms with E-state index in [1.54, 1.807) is 7.11 Å². The highest BCUT2D eigenvalue weighted by Crippen LogP contribution is 2.30. The van der Waals surface area contributed by atoms with Crippen LogP contribution in [0.15, 0.2) is 53.4 Å². The van der Waals surface area contributed by atoms with E-state index in [0.29, 0.717) is 11.6 Å². The molecule has 0 aromatic heterocycles. The van der Waals surface area contributed by atoms with Crippen LogP contribution >= 0.6 is 23.4 Å². The molecule has 0 spiro atoms. The molecular formula is C17H18ClNO2S. The summed E-state index contributed by atoms with van der Waals surface area (Å²) in [4.78, 5) is 13.1. The van der Waals surface area contributed by atoms with E-state index in [1.165, 1.54) is 11.8 Å². The molecule has 22 heavy (non-hydrogen) atoms. The van der Waals surface area contributed by atoms with Gasteiger partial charge in [-0.1, -0.05) is 41.9 Å². The molecule has 0 radical (unpaired) electrons. The lowest BCUT2D eigenvalue weighted by atomic mass is 10.2. The Bertz CT molecular complexity index is 648. The summed E-state index contributed by atoms with van der Waals surface area (Å²) < 4.78 is 5.28. The minimum atomic E-state index is -0.227. The van der Waals surface area contributed by atoms with Gasteiger partial charge in [0.15, 0.2) is 0 Å². The van der Waals surface area contributed by atoms with Crippen LogP contribution in [-0.4, -0.2) is 18.3 Å². The van der Waals surface area contributed by atoms with E-state index < -0.39 is 0 Å². The lowest BCUT2D eigenvalue weighted by molar-refractivity contribution is -0.120. The molecular weight excluding hydrogens is 318 g/mol. The Morgan fingerprint density at radius 2 is 1.91 bits per heavy atom. The molecule has 0 aliphatic heterocycles. The predicted octanol–water partition coefficient (Wildman–Crippen LogP) is 4.15. The average molecular weight is 336 g/mol. The summed E-state index contributed by atoms with van der Waals surface area (Å²) in [5, 5.41) is 3.37. The maximum absolute atomic E-state index is 12.2. The van der Waals surface area contributed by atoms with Crippen LogP contribution in [0.3, 0.4) is 0 Å². The third-order valence-corrected chi connectivity index (χ3v) is 4.77. The number of carbonyl (C=O) groups is 1. The van der Waals surface area contributed by atoms with Gasteiger partial charge in [0.1, 0.15) is 5.75 Å². The number of hydrogen-bond donors (Lipinski definition) is 1. The standard InChI is InChI=1S/C17H18ClNO2S/c1-12(22-16-10-6-4-8-14(16)18)17(20)19-11-13-7-3-5-9-15(13)21-2/h3-10,12H,11H2,1-2H3,(H,19,20). The number of methoxy groups -OCH3 is 1. The highest BCUT2D eigenvalue weighted by molar-refractivity contribution is 8.00. The fraction of sp³-hybridized carbons (Fsp3) is 0.235. The van der Waals surface area contributed by atoms with E-state index in [2.05, 4.69) is 5.32 Å². The molecule has 1 atom stereocenters. The van der Waals surface area contributed by atoms with E-state index >= 15 is 0 Å². The fourth-order valence-corrected chi connectivity index (χ4v) is 3.14. The smallest absolute Gasteiger partial charge is 0.233 e. The van der Waals surface area contributed by atoms with E-state index in [9.17, 15) is 4.79 Å². The maximum atomic E-state index is 12.2. The van der Waals surface area contributed by atoms with Gasteiger partial charge in [-0.05, 0) is 25.1 Å². The van der Waals surface area contributed by atoms with Gasteiger partial charge >= 0.3 is 0 Å². The predicted molar refractivity (Wildman–Crippen MR) is 91.6 cm³/mol. The first-order valence-corrected chi connectivity index (χ1v) is 8.18. The minimum Gasteiger partial charge on any atom is -0.496 e. The summed E-state index contributed by atoms with van der Waals surface area (Å²) >= 11 is 7.56. The van der Waals surface area contributed by atoms with Gasteiger partial charge in [0.2, 0.25) is 5.91 Å². The number of amides is 1. The third-order valence-electron chi connectivity index (χ3n) is 3.16. The molecule has 116 valence electrons. The maximum Gasteiger partial charge on any atom is 0.233 e. The minimum absolute atomic E-state index is 0.0316. The SMILES string of the molecule is COc1ccccc1CNC(=O)C(C)Sc1ccccc1Cl. The van der Waals surface area contributed by atoms with Crippen LogP contribution in [0.4, 0.5) is 0 Å². The lowest BCUT2D eigenvalue weighted by Gasteiger charge is -2.14. The first-order valence-electron chi connectivity index (χ1n) is 6.92. The van der Waals surface area contributed by atoms with Crippen molar-refractivity contribution in [1.29, 1.82) is 0 Å². The number of rotatable bonds is 6. The first kappa shape index (κ1) is 16.7. The zero-order valence-electron chi connectivity index (χ0n) is 12.5. The summed E-state index contributed by atoms with van der Waals surface area (Å²) in [6, 6.07) is 15.2. The Balaban J connectivity index is 1.93. The Hall–Kier alpha value is -1.65. The number of para-hydroxylation sites is 1. The number of halogens is 1. The summed E-state index contributed by atoms with van der Waals surface area (Å²) in [5.41, 5.74) is 0.952. The monoisotopic (exact) mass is 335 g/mol. The number of benzene rings is 2. The lowest BCUT2D eigenvalue weighted by Crippen LogP contribution is -2.30. The molecule has 2 aromatic rings. The van der Waals surface area contributed by atoms with E-state index in [4.69, 9.17) is 16.3 Å². The molecule has 3 nitrogen and oxygen atoms in total. The van der Waals surface area contributed by atoms with Crippen LogP contribution in [-0.2, 0) is 11.3 Å². The molecule has 1 amide bonds. The second-order valence-electron chi connectivity index (χ2n) is 4.72. The highest BCUT2D eigenvalue weighted by Gasteiger charge is 2.16. The van der Waals surface area contributed by atoms with E-state index in [1.807, 2.05) is 55.5 Å². The fourth-order valence-electron chi connectivity index (χ4n) is 1.96. The van der Waals surface area contributed by atoms with Gasteiger partial charge in [-0.15, -0.1) is 11.8 Å². The van der Waals surface area contributed by atoms with Crippen molar-refractivity contribution in [3.63, 3.8) is 0 Å². The summed E-state index contributed by atoms with van der Waals surface area (Å²) in [5.74, 6) is 0.741. The van der Waals surface area contributed by atoms with Crippen LogP contribution in [0.2, 0.25) is 5.02 Å². The molecule has 2 aromatic carbocycles. The van der Waals surface area contributed by atoms with Crippen LogP contribution < -0.4 is 10.1 Å². The molecule has 5 heteroatoms. The van der Waals surface area contributed by atoms with Gasteiger partial charge in [-0.2, -0.15) is 0 Å². The molecule has 0 aliphatic carbocycles. The van der Waals surface area contributed by atoms with E-state index in [0.717, 1.165) is 16.2 Å². The van der Waals surface area contributed by atoms with Crippen molar-refractivity contribution in [3.8, 4) is 5.75 Å². The van der Waals surface area contributed by atoms with Gasteiger partial charge < -0.3 is 10.1 Å². The van der Waals surface area contributed by atoms with E-state index in [-0.39, 0.29) is 11.2 Å². The topological polar surface area (TPSA) is 38.3 Å². The second-order valence-corrected chi connectivity index (χ2v) is 6.51. The van der Waals surface area contributed by atoms with Crippen molar-refractivity contribution in [1.82, 2.24) is 5.32 Å². The van der Waals surface area contributed by atoms with Crippen LogP contribution in [0.25, 0.3) is 0 Å². The Morgan fingerprint density at radius 3 is 2.64 bits per heavy atom. The first-order chi connectivity index (χ1) is 10.6. The van der Waals surface area contributed by atoms with Crippen LogP contribution in [0.5, 0.6) is 5.75 Å². The molecule has 1 N–H and O–H groups in total. The zero-order chi connectivity index (χ0) is 15.9. The molecule has 0 saturated carbocycles. The molecule has 0 fully saturated rings. The van der Waals surface area contributed by atoms with Gasteiger partial charge in [0.25, 0.3) is 0 Å². The average Bonchev–Trinajstić information content (AvgIpc) is 2.54. The molecule has 0 saturated heterocycles. The Labute approximate surface area is 140 Å². The summed E-state index contributed by atoms with van der Waals surface area (Å²) in [7, 11) is 1.62. The Morgan fingerprint density at radius 1 is 1.23 bits per heavy atom. The van der Waals surface area contributed by atoms with Crippen molar-refractivity contribution in [2.75, 3.05) is 7.11 Å². The van der Waals surface area contributed by atoms with Crippen molar-refractivity contribution in [2.24, 2.45) is 0 Å². The molecule has 1 unspecified atom stereocenters. The van der Waals surface area contributed by atoms with Gasteiger partial charge in [0, 0.05) is 17.0 Å². The quantitative estimate of drug-likeness (QED) is 0.806. The van der Waals surface area contributed by atoms with Crippen molar-refractivity contribution in [3.05, 3.63) is 59.1 Å². The third kappa shape index (κ3) is 4.42. The van der Waals surface area contributed by atoms with Gasteiger partial charge in [0.05, 0.1) is 17.4 Å². The van der Waals surface area contributed by atoms with Crippen LogP contribution in [0.1, 0.15) is 12.5 Å². The van der Waals surface area contributed by atoms with Gasteiger partial charge in [-0.25, -0.2) is 0 Å². The number of thioether (sulfide) groups is 1. The summed E-state index contributed by atoms with van der Waals surface area (Å²) in [6.45, 7) is 2.31.